The van der Waals surface area contributed by atoms with Crippen LogP contribution in [0, 0.1) is 0 Å². The van der Waals surface area contributed by atoms with Crippen molar-refractivity contribution in [3.8, 4) is 11.1 Å². The normalized spacial score (nSPS) is 13.6. The van der Waals surface area contributed by atoms with E-state index in [0.29, 0.717) is 81.5 Å². The third-order valence-corrected chi connectivity index (χ3v) is 16.1. The molecule has 0 bridgehead atoms. The average Bonchev–Trinajstić information content (AvgIpc) is 4.15. The number of hydrogen-bond donors (Lipinski definition) is 10. The van der Waals surface area contributed by atoms with Crippen molar-refractivity contribution in [3.63, 3.8) is 0 Å². The zero-order valence-corrected chi connectivity index (χ0v) is 46.3. The Labute approximate surface area is 468 Å². The van der Waals surface area contributed by atoms with E-state index in [2.05, 4.69) is 56.6 Å². The Morgan fingerprint density at radius 1 is 0.704 bits per heavy atom. The lowest BCUT2D eigenvalue weighted by Crippen LogP contribution is -2.48. The van der Waals surface area contributed by atoms with Gasteiger partial charge in [0.05, 0.1) is 59.7 Å². The Hall–Kier alpha value is -7.13. The molecule has 6 aromatic rings. The van der Waals surface area contributed by atoms with Crippen molar-refractivity contribution < 1.29 is 63.5 Å². The van der Waals surface area contributed by atoms with Crippen molar-refractivity contribution in [1.29, 1.82) is 0 Å². The van der Waals surface area contributed by atoms with Crippen LogP contribution in [0.25, 0.3) is 22.0 Å². The summed E-state index contributed by atoms with van der Waals surface area (Å²) < 4.78 is 108. The van der Waals surface area contributed by atoms with Gasteiger partial charge in [-0.15, -0.1) is 0 Å². The maximum absolute atomic E-state index is 13.3. The van der Waals surface area contributed by atoms with Gasteiger partial charge in [0.15, 0.2) is 0 Å². The molecular formula is C52H64N12O14S3. The molecule has 0 spiro atoms. The summed E-state index contributed by atoms with van der Waals surface area (Å²) >= 11 is 0. The van der Waals surface area contributed by atoms with E-state index < -0.39 is 54.6 Å². The molecule has 1 aliphatic rings. The molecule has 1 unspecified atom stereocenters. The minimum absolute atomic E-state index is 0.0229. The summed E-state index contributed by atoms with van der Waals surface area (Å²) in [5.74, 6) is -2.11. The van der Waals surface area contributed by atoms with Gasteiger partial charge in [0, 0.05) is 75.2 Å². The number of benzene rings is 4. The first-order chi connectivity index (χ1) is 39.0. The summed E-state index contributed by atoms with van der Waals surface area (Å²) in [6, 6.07) is 23.8. The van der Waals surface area contributed by atoms with Crippen molar-refractivity contribution in [2.75, 3.05) is 84.3 Å². The van der Waals surface area contributed by atoms with E-state index >= 15 is 0 Å². The monoisotopic (exact) mass is 1180 g/mol. The number of fused-ring (bicyclic) bond motifs is 1. The highest BCUT2D eigenvalue weighted by Gasteiger charge is 2.27. The van der Waals surface area contributed by atoms with Gasteiger partial charge in [0.1, 0.15) is 23.0 Å². The smallest absolute Gasteiger partial charge is 0.323 e. The number of rotatable bonds is 34. The molecule has 10 N–H and O–H groups in total. The number of ether oxygens (including phenoxy) is 3. The summed E-state index contributed by atoms with van der Waals surface area (Å²) in [4.78, 5) is 41.3. The predicted molar refractivity (Wildman–Crippen MR) is 299 cm³/mol. The van der Waals surface area contributed by atoms with Crippen LogP contribution in [0.1, 0.15) is 45.5 Å². The van der Waals surface area contributed by atoms with Gasteiger partial charge in [-0.25, -0.2) is 26.5 Å². The fourth-order valence-corrected chi connectivity index (χ4v) is 10.9. The molecule has 4 aromatic carbocycles. The molecule has 434 valence electrons. The first-order valence-electron chi connectivity index (χ1n) is 25.7. The van der Waals surface area contributed by atoms with E-state index in [1.54, 1.807) is 48.7 Å². The summed E-state index contributed by atoms with van der Waals surface area (Å²) in [6.45, 7) is 5.11. The van der Waals surface area contributed by atoms with Crippen molar-refractivity contribution in [2.45, 2.75) is 52.8 Å². The van der Waals surface area contributed by atoms with Crippen LogP contribution in [0.2, 0.25) is 0 Å². The van der Waals surface area contributed by atoms with Gasteiger partial charge in [0.25, 0.3) is 21.9 Å². The van der Waals surface area contributed by atoms with E-state index in [0.717, 1.165) is 37.0 Å². The third-order valence-electron chi connectivity index (χ3n) is 12.2. The van der Waals surface area contributed by atoms with Gasteiger partial charge >= 0.3 is 5.97 Å². The summed E-state index contributed by atoms with van der Waals surface area (Å²) in [7, 11) is -12.6. The highest BCUT2D eigenvalue weighted by molar-refractivity contribution is 7.89. The molecule has 2 amide bonds. The predicted octanol–water partition coefficient (Wildman–Crippen LogP) is 1.95. The van der Waals surface area contributed by atoms with Crippen LogP contribution >= 0.6 is 0 Å². The van der Waals surface area contributed by atoms with Crippen LogP contribution in [0.4, 0.5) is 5.82 Å². The summed E-state index contributed by atoms with van der Waals surface area (Å²) in [5.41, 5.74) is 5.38. The number of anilines is 1. The Bertz CT molecular complexity index is 3420. The zero-order valence-electron chi connectivity index (χ0n) is 43.8. The van der Waals surface area contributed by atoms with Gasteiger partial charge in [-0.05, 0) is 97.6 Å². The number of hydrogen-bond acceptors (Lipinski definition) is 19. The van der Waals surface area contributed by atoms with Crippen LogP contribution in [0.15, 0.2) is 135 Å². The van der Waals surface area contributed by atoms with Crippen molar-refractivity contribution in [2.24, 2.45) is 5.10 Å². The van der Waals surface area contributed by atoms with Gasteiger partial charge in [-0.2, -0.15) is 23.3 Å². The number of aryl methyl sites for hydroxylation is 1. The Balaban J connectivity index is 0.717. The topological polar surface area (TPSA) is 361 Å². The van der Waals surface area contributed by atoms with Gasteiger partial charge in [-0.3, -0.25) is 45.0 Å². The quantitative estimate of drug-likeness (QED) is 0.0119. The van der Waals surface area contributed by atoms with E-state index in [9.17, 15) is 49.3 Å². The lowest BCUT2D eigenvalue weighted by molar-refractivity contribution is -0.138. The minimum atomic E-state index is -4.42. The molecule has 81 heavy (non-hydrogen) atoms. The molecule has 1 aliphatic heterocycles. The molecule has 1 saturated heterocycles. The lowest BCUT2D eigenvalue weighted by Gasteiger charge is -2.16. The Kier molecular flexibility index (Phi) is 22.8. The van der Waals surface area contributed by atoms with Crippen LogP contribution in [-0.4, -0.2) is 165 Å². The number of pyridine rings is 1. The molecule has 0 aliphatic carbocycles. The molecule has 26 nitrogen and oxygen atoms in total. The Morgan fingerprint density at radius 3 is 1.96 bits per heavy atom. The summed E-state index contributed by atoms with van der Waals surface area (Å²) in [5, 5.41) is 34.2. The van der Waals surface area contributed by atoms with Crippen LogP contribution in [-0.2, 0) is 55.7 Å². The number of amides is 2. The maximum Gasteiger partial charge on any atom is 0.323 e. The molecule has 0 saturated carbocycles. The number of hydrazone groups is 1. The highest BCUT2D eigenvalue weighted by Crippen LogP contribution is 2.24. The number of carboxylic acid groups (broad SMARTS) is 1. The number of carbonyl (C=O) groups excluding carboxylic acids is 2. The van der Waals surface area contributed by atoms with Gasteiger partial charge < -0.3 is 30.0 Å². The molecule has 7 rings (SSSR count). The molecule has 1 atom stereocenters. The van der Waals surface area contributed by atoms with Crippen LogP contribution in [0.3, 0.4) is 0 Å². The first-order valence-corrected chi connectivity index (χ1v) is 30.1. The van der Waals surface area contributed by atoms with Gasteiger partial charge in [0.2, 0.25) is 20.0 Å². The fourth-order valence-electron chi connectivity index (χ4n) is 7.98. The number of carboxylic acids is 1. The second-order valence-corrected chi connectivity index (χ2v) is 22.9. The Morgan fingerprint density at radius 2 is 1.32 bits per heavy atom. The molecule has 1 fully saturated rings. The second kappa shape index (κ2) is 30.1. The molecule has 29 heteroatoms. The fraction of sp³-hybridized carbons (Fsp3) is 0.346. The second-order valence-electron chi connectivity index (χ2n) is 18.1. The van der Waals surface area contributed by atoms with Crippen LogP contribution < -0.4 is 41.5 Å². The standard InChI is InChI=1S/C52H64N12O14S3/c65-49(39-12-18-46-42(32-39)35-60-64(46)25-3-20-54-52-55-23-24-56-52)58-36-45(51(67)68)63-80(71,72)44-16-10-38(11-17-44)37-8-14-43(15-9-37)79(69,70)61-22-5-27-77-29-31-78-30-28-76-26-4-21-53-50(66)41-13-19-48(57-33-41)62-59-34-40-6-1-2-7-47(40)81(73,74)75/h1-2,6-19,32-35,45,52,54-56,61,63H,3-5,20-31,36H2,(H,53,66)(H,57,62)(H,58,65)(H,67,68)(H,73,74,75)/b59-34+. The summed E-state index contributed by atoms with van der Waals surface area (Å²) in [6.07, 6.45) is 6.09. The SMILES string of the molecule is O=C(NCCCOCCOCCOCCCNS(=O)(=O)c1ccc(-c2ccc(S(=O)(=O)NC(CNC(=O)c3ccc4c(cnn4CCCNC4NCCN4)c3)C(=O)O)cc2)cc1)c1ccc(N/N=C/c2ccccc2S(=O)(=O)O)nc1. The van der Waals surface area contributed by atoms with Crippen LogP contribution in [0.5, 0.6) is 0 Å². The third kappa shape index (κ3) is 19.0. The molecule has 0 radical (unpaired) electrons. The largest absolute Gasteiger partial charge is 0.480 e. The first kappa shape index (κ1) is 61.5. The highest BCUT2D eigenvalue weighted by atomic mass is 32.2. The lowest BCUT2D eigenvalue weighted by atomic mass is 10.1. The van der Waals surface area contributed by atoms with Gasteiger partial charge in [-0.1, -0.05) is 42.5 Å². The molecule has 3 heterocycles. The number of carbonyl (C=O) groups is 3. The van der Waals surface area contributed by atoms with E-state index in [-0.39, 0.29) is 51.2 Å². The van der Waals surface area contributed by atoms with Crippen molar-refractivity contribution in [1.82, 2.24) is 50.8 Å². The number of sulfonamides is 2. The van der Waals surface area contributed by atoms with Crippen molar-refractivity contribution in [3.05, 3.63) is 132 Å². The number of nitrogens with one attached hydrogen (secondary N) is 8. The van der Waals surface area contributed by atoms with E-state index in [1.165, 1.54) is 73.1 Å². The molecule has 2 aromatic heterocycles. The number of nitrogens with zero attached hydrogens (tertiary/aromatic N) is 4. The minimum Gasteiger partial charge on any atom is -0.480 e. The van der Waals surface area contributed by atoms with E-state index in [1.807, 2.05) is 4.68 Å². The number of aromatic nitrogens is 3. The van der Waals surface area contributed by atoms with E-state index in [4.69, 9.17) is 14.2 Å². The molecular weight excluding hydrogens is 1110 g/mol. The number of aliphatic carboxylic acids is 1. The van der Waals surface area contributed by atoms with Crippen molar-refractivity contribution >= 4 is 70.9 Å². The zero-order chi connectivity index (χ0) is 57.7. The average molecular weight is 1180 g/mol. The maximum atomic E-state index is 13.3.